The van der Waals surface area contributed by atoms with Gasteiger partial charge in [0.05, 0.1) is 11.4 Å². The van der Waals surface area contributed by atoms with E-state index in [1.54, 1.807) is 10.6 Å². The summed E-state index contributed by atoms with van der Waals surface area (Å²) in [6.07, 6.45) is 3.20. The van der Waals surface area contributed by atoms with Crippen molar-refractivity contribution >= 4 is 23.7 Å². The minimum Gasteiger partial charge on any atom is -0.290 e. The molecule has 0 bridgehead atoms. The summed E-state index contributed by atoms with van der Waals surface area (Å²) >= 11 is 0. The highest BCUT2D eigenvalue weighted by Gasteiger charge is 2.14. The molecular weight excluding hydrogens is 398 g/mol. The van der Waals surface area contributed by atoms with Gasteiger partial charge in [0, 0.05) is 17.2 Å². The van der Waals surface area contributed by atoms with Crippen LogP contribution in [0.25, 0.3) is 34.4 Å². The van der Waals surface area contributed by atoms with E-state index < -0.39 is 0 Å². The second-order valence-electron chi connectivity index (χ2n) is 7.14. The highest BCUT2D eigenvalue weighted by Crippen LogP contribution is 2.26. The molecule has 2 aromatic heterocycles. The maximum Gasteiger partial charge on any atom is 0.255 e. The number of amides is 1. The van der Waals surface area contributed by atoms with E-state index in [4.69, 9.17) is 0 Å². The maximum atomic E-state index is 12.4. The molecule has 6 nitrogen and oxygen atoms in total. The summed E-state index contributed by atoms with van der Waals surface area (Å²) in [5.41, 5.74) is 4.51. The quantitative estimate of drug-likeness (QED) is 0.403. The van der Waals surface area contributed by atoms with Gasteiger partial charge in [-0.3, -0.25) is 10.1 Å². The van der Waals surface area contributed by atoms with Crippen LogP contribution >= 0.6 is 0 Å². The molecule has 154 valence electrons. The first-order valence-corrected chi connectivity index (χ1v) is 10.2. The number of hydrogen-bond donors (Lipinski definition) is 1. The van der Waals surface area contributed by atoms with E-state index in [9.17, 15) is 4.79 Å². The van der Waals surface area contributed by atoms with Crippen molar-refractivity contribution in [3.05, 3.63) is 109 Å². The smallest absolute Gasteiger partial charge is 0.255 e. The predicted octanol–water partition coefficient (Wildman–Crippen LogP) is 5.11. The number of carbonyl (C=O) groups excluding carboxylic acids is 1. The molecule has 0 unspecified atom stereocenters. The minimum absolute atomic E-state index is 0.197. The number of carbonyl (C=O) groups is 1. The summed E-state index contributed by atoms with van der Waals surface area (Å²) in [4.78, 5) is 21.5. The van der Waals surface area contributed by atoms with Gasteiger partial charge in [0.25, 0.3) is 17.6 Å². The van der Waals surface area contributed by atoms with E-state index in [1.807, 2.05) is 97.1 Å². The molecule has 32 heavy (non-hydrogen) atoms. The largest absolute Gasteiger partial charge is 0.290 e. The van der Waals surface area contributed by atoms with Crippen LogP contribution in [-0.2, 0) is 4.79 Å². The molecule has 1 N–H and O–H groups in total. The number of nitrogens with one attached hydrogen (secondary N) is 1. The van der Waals surface area contributed by atoms with Gasteiger partial charge < -0.3 is 0 Å². The normalized spacial score (nSPS) is 11.1. The first-order valence-electron chi connectivity index (χ1n) is 10.2. The third-order valence-corrected chi connectivity index (χ3v) is 4.91. The summed E-state index contributed by atoms with van der Waals surface area (Å²) in [6, 6.07) is 31.4. The third-order valence-electron chi connectivity index (χ3n) is 4.91. The molecule has 0 saturated carbocycles. The third kappa shape index (κ3) is 4.15. The Bertz CT molecular complexity index is 1390. The van der Waals surface area contributed by atoms with E-state index in [0.717, 1.165) is 28.1 Å². The second-order valence-corrected chi connectivity index (χ2v) is 7.14. The van der Waals surface area contributed by atoms with Crippen molar-refractivity contribution in [3.8, 4) is 22.5 Å². The lowest BCUT2D eigenvalue weighted by atomic mass is 10.1. The van der Waals surface area contributed by atoms with Gasteiger partial charge in [-0.05, 0) is 17.7 Å². The molecule has 5 aromatic rings. The number of anilines is 1. The monoisotopic (exact) mass is 417 g/mol. The Morgan fingerprint density at radius 2 is 1.41 bits per heavy atom. The highest BCUT2D eigenvalue weighted by molar-refractivity contribution is 6.01. The van der Waals surface area contributed by atoms with Crippen LogP contribution < -0.4 is 5.32 Å². The summed E-state index contributed by atoms with van der Waals surface area (Å²) in [5.74, 6) is 0.296. The molecule has 0 atom stereocenters. The lowest BCUT2D eigenvalue weighted by molar-refractivity contribution is -0.111. The topological polar surface area (TPSA) is 72.2 Å². The average molecular weight is 417 g/mol. The average Bonchev–Trinajstić information content (AvgIpc) is 3.26. The molecule has 0 spiro atoms. The van der Waals surface area contributed by atoms with Crippen molar-refractivity contribution < 1.29 is 4.79 Å². The number of nitrogens with zero attached hydrogens (tertiary/aromatic N) is 4. The Morgan fingerprint density at radius 3 is 2.09 bits per heavy atom. The molecule has 0 aliphatic heterocycles. The lowest BCUT2D eigenvalue weighted by Crippen LogP contribution is -2.09. The molecule has 5 rings (SSSR count). The van der Waals surface area contributed by atoms with Crippen LogP contribution in [0.3, 0.4) is 0 Å². The van der Waals surface area contributed by atoms with Crippen LogP contribution in [0.4, 0.5) is 5.95 Å². The van der Waals surface area contributed by atoms with Gasteiger partial charge in [-0.25, -0.2) is 4.98 Å². The number of benzene rings is 3. The zero-order valence-corrected chi connectivity index (χ0v) is 17.1. The van der Waals surface area contributed by atoms with Crippen LogP contribution in [0.5, 0.6) is 0 Å². The Hall–Kier alpha value is -4.58. The fraction of sp³-hybridized carbons (Fsp3) is 0. The molecule has 3 aromatic carbocycles. The molecular formula is C26H19N5O. The molecule has 0 saturated heterocycles. The standard InChI is InChI=1S/C26H19N5O/c32-24(17-16-19-10-4-1-5-11-19)28-25-29-26-27-22(20-12-6-2-7-13-20)18-23(31(26)30-25)21-14-8-3-9-15-21/h1-18H,(H,28,30,32)/b17-16+. The van der Waals surface area contributed by atoms with Gasteiger partial charge >= 0.3 is 0 Å². The number of fused-ring (bicyclic) bond motifs is 1. The fourth-order valence-electron chi connectivity index (χ4n) is 3.38. The van der Waals surface area contributed by atoms with Crippen molar-refractivity contribution in [2.24, 2.45) is 0 Å². The van der Waals surface area contributed by atoms with Crippen LogP contribution in [-0.4, -0.2) is 25.5 Å². The molecule has 0 aliphatic rings. The molecule has 0 radical (unpaired) electrons. The van der Waals surface area contributed by atoms with Crippen molar-refractivity contribution in [2.45, 2.75) is 0 Å². The summed E-state index contributed by atoms with van der Waals surface area (Å²) < 4.78 is 1.65. The Labute approximate surface area is 184 Å². The van der Waals surface area contributed by atoms with Crippen LogP contribution in [0.2, 0.25) is 0 Å². The van der Waals surface area contributed by atoms with Gasteiger partial charge in [-0.2, -0.15) is 9.50 Å². The Morgan fingerprint density at radius 1 is 0.781 bits per heavy atom. The predicted molar refractivity (Wildman–Crippen MR) is 126 cm³/mol. The summed E-state index contributed by atoms with van der Waals surface area (Å²) in [7, 11) is 0. The van der Waals surface area contributed by atoms with Crippen molar-refractivity contribution in [3.63, 3.8) is 0 Å². The van der Waals surface area contributed by atoms with Crippen LogP contribution in [0, 0.1) is 0 Å². The van der Waals surface area contributed by atoms with Crippen molar-refractivity contribution in [1.29, 1.82) is 0 Å². The van der Waals surface area contributed by atoms with Crippen molar-refractivity contribution in [2.75, 3.05) is 5.32 Å². The molecule has 2 heterocycles. The van der Waals surface area contributed by atoms with Gasteiger partial charge in [-0.1, -0.05) is 91.0 Å². The lowest BCUT2D eigenvalue weighted by Gasteiger charge is -2.07. The first-order chi connectivity index (χ1) is 15.8. The Balaban J connectivity index is 1.52. The van der Waals surface area contributed by atoms with Crippen LogP contribution in [0.15, 0.2) is 103 Å². The van der Waals surface area contributed by atoms with Crippen LogP contribution in [0.1, 0.15) is 5.56 Å². The molecule has 6 heteroatoms. The van der Waals surface area contributed by atoms with E-state index in [-0.39, 0.29) is 11.9 Å². The SMILES string of the molecule is O=C(/C=C/c1ccccc1)Nc1nc2nc(-c3ccccc3)cc(-c3ccccc3)n2n1. The zero-order valence-electron chi connectivity index (χ0n) is 17.1. The second kappa shape index (κ2) is 8.65. The maximum absolute atomic E-state index is 12.4. The zero-order chi connectivity index (χ0) is 21.8. The van der Waals surface area contributed by atoms with Gasteiger partial charge in [0.1, 0.15) is 0 Å². The first kappa shape index (κ1) is 19.4. The van der Waals surface area contributed by atoms with Gasteiger partial charge in [0.15, 0.2) is 0 Å². The van der Waals surface area contributed by atoms with E-state index in [0.29, 0.717) is 5.78 Å². The van der Waals surface area contributed by atoms with Gasteiger partial charge in [-0.15, -0.1) is 5.10 Å². The number of rotatable bonds is 5. The molecule has 0 aliphatic carbocycles. The van der Waals surface area contributed by atoms with E-state index in [1.165, 1.54) is 6.08 Å². The fourth-order valence-corrected chi connectivity index (χ4v) is 3.38. The van der Waals surface area contributed by atoms with Crippen molar-refractivity contribution in [1.82, 2.24) is 19.6 Å². The molecule has 1 amide bonds. The number of hydrogen-bond acceptors (Lipinski definition) is 4. The molecule has 0 fully saturated rings. The number of aromatic nitrogens is 4. The highest BCUT2D eigenvalue weighted by atomic mass is 16.1. The summed E-state index contributed by atoms with van der Waals surface area (Å²) in [5, 5.41) is 7.23. The Kier molecular flexibility index (Phi) is 5.24. The van der Waals surface area contributed by atoms with E-state index in [2.05, 4.69) is 20.4 Å². The summed E-state index contributed by atoms with van der Waals surface area (Å²) in [6.45, 7) is 0. The van der Waals surface area contributed by atoms with E-state index >= 15 is 0 Å². The minimum atomic E-state index is -0.311. The van der Waals surface area contributed by atoms with Gasteiger partial charge in [0.2, 0.25) is 0 Å².